The van der Waals surface area contributed by atoms with Crippen LogP contribution in [0.1, 0.15) is 40.3 Å². The van der Waals surface area contributed by atoms with Crippen molar-refractivity contribution in [2.24, 2.45) is 0 Å². The third kappa shape index (κ3) is 4.18. The summed E-state index contributed by atoms with van der Waals surface area (Å²) in [5.74, 6) is 1.65. The number of aryl methyl sites for hydroxylation is 3. The van der Waals surface area contributed by atoms with Gasteiger partial charge in [0.05, 0.1) is 17.8 Å². The van der Waals surface area contributed by atoms with Gasteiger partial charge in [0, 0.05) is 32.4 Å². The van der Waals surface area contributed by atoms with Gasteiger partial charge in [0.2, 0.25) is 0 Å². The highest BCUT2D eigenvalue weighted by molar-refractivity contribution is 14.1. The average Bonchev–Trinajstić information content (AvgIpc) is 3.30. The minimum atomic E-state index is -0.0704. The number of benzene rings is 2. The van der Waals surface area contributed by atoms with E-state index in [2.05, 4.69) is 74.8 Å². The lowest BCUT2D eigenvalue weighted by Crippen LogP contribution is -2.29. The molecule has 1 saturated heterocycles. The van der Waals surface area contributed by atoms with Crippen molar-refractivity contribution in [2.45, 2.75) is 32.9 Å². The SMILES string of the molecule is Cc1ccccc1Oc1ccc(N2C(=S)NC(c3ccccn3)C2c2c(C)[nH]c(C)c2I)cc1. The predicted molar refractivity (Wildman–Crippen MR) is 149 cm³/mol. The van der Waals surface area contributed by atoms with Crippen molar-refractivity contribution in [3.8, 4) is 11.5 Å². The highest BCUT2D eigenvalue weighted by Gasteiger charge is 2.43. The summed E-state index contributed by atoms with van der Waals surface area (Å²) < 4.78 is 7.33. The number of para-hydroxylation sites is 1. The van der Waals surface area contributed by atoms with Crippen molar-refractivity contribution in [1.29, 1.82) is 0 Å². The van der Waals surface area contributed by atoms with E-state index in [0.29, 0.717) is 5.11 Å². The lowest BCUT2D eigenvalue weighted by molar-refractivity contribution is 0.479. The Kier molecular flexibility index (Phi) is 6.31. The Morgan fingerprint density at radius 2 is 1.68 bits per heavy atom. The molecule has 3 heterocycles. The second-order valence-electron chi connectivity index (χ2n) is 8.46. The summed E-state index contributed by atoms with van der Waals surface area (Å²) in [5.41, 5.74) is 6.61. The van der Waals surface area contributed by atoms with Crippen molar-refractivity contribution in [3.05, 3.63) is 105 Å². The van der Waals surface area contributed by atoms with Gasteiger partial charge in [0.1, 0.15) is 11.5 Å². The van der Waals surface area contributed by atoms with Crippen LogP contribution in [0.25, 0.3) is 0 Å². The molecule has 172 valence electrons. The summed E-state index contributed by atoms with van der Waals surface area (Å²) in [4.78, 5) is 10.4. The molecule has 1 fully saturated rings. The molecule has 2 aromatic carbocycles. The zero-order valence-electron chi connectivity index (χ0n) is 19.2. The molecular formula is C27H25IN4OS. The number of aromatic amines is 1. The standard InChI is InChI=1S/C27H25IN4OS/c1-16-8-4-5-10-22(16)33-20-13-11-19(12-14-20)32-26(23-17(2)30-18(3)24(23)28)25(31-27(32)34)21-9-6-7-15-29-21/h4-15,25-26,30H,1-3H3,(H,31,34). The zero-order chi connectivity index (χ0) is 23.8. The number of halogens is 1. The molecule has 34 heavy (non-hydrogen) atoms. The number of ether oxygens (including phenoxy) is 1. The first-order valence-electron chi connectivity index (χ1n) is 11.1. The van der Waals surface area contributed by atoms with Gasteiger partial charge < -0.3 is 19.9 Å². The number of nitrogens with one attached hydrogen (secondary N) is 2. The minimum absolute atomic E-state index is 0.0395. The van der Waals surface area contributed by atoms with Crippen LogP contribution in [0.2, 0.25) is 0 Å². The first-order valence-corrected chi connectivity index (χ1v) is 12.6. The largest absolute Gasteiger partial charge is 0.457 e. The first kappa shape index (κ1) is 22.9. The van der Waals surface area contributed by atoms with Crippen LogP contribution in [0.15, 0.2) is 72.9 Å². The van der Waals surface area contributed by atoms with Crippen LogP contribution in [0.5, 0.6) is 11.5 Å². The quantitative estimate of drug-likeness (QED) is 0.199. The summed E-state index contributed by atoms with van der Waals surface area (Å²) in [6, 6.07) is 22.0. The van der Waals surface area contributed by atoms with Gasteiger partial charge in [-0.1, -0.05) is 24.3 Å². The van der Waals surface area contributed by atoms with Gasteiger partial charge in [-0.15, -0.1) is 0 Å². The molecule has 2 atom stereocenters. The average molecular weight is 580 g/mol. The first-order chi connectivity index (χ1) is 16.4. The molecule has 1 aliphatic rings. The summed E-state index contributed by atoms with van der Waals surface area (Å²) in [7, 11) is 0. The molecular weight excluding hydrogens is 555 g/mol. The van der Waals surface area contributed by atoms with Gasteiger partial charge in [-0.3, -0.25) is 4.98 Å². The minimum Gasteiger partial charge on any atom is -0.457 e. The Hall–Kier alpha value is -2.91. The molecule has 0 radical (unpaired) electrons. The fourth-order valence-corrected chi connectivity index (χ4v) is 5.72. The Morgan fingerprint density at radius 1 is 0.941 bits per heavy atom. The fourth-order valence-electron chi connectivity index (χ4n) is 4.52. The lowest BCUT2D eigenvalue weighted by Gasteiger charge is -2.28. The number of aromatic nitrogens is 2. The molecule has 0 amide bonds. The summed E-state index contributed by atoms with van der Waals surface area (Å²) in [6.07, 6.45) is 1.83. The smallest absolute Gasteiger partial charge is 0.174 e. The second kappa shape index (κ2) is 9.38. The van der Waals surface area contributed by atoms with Gasteiger partial charge in [-0.25, -0.2) is 0 Å². The van der Waals surface area contributed by atoms with E-state index < -0.39 is 0 Å². The second-order valence-corrected chi connectivity index (χ2v) is 9.93. The van der Waals surface area contributed by atoms with E-state index in [9.17, 15) is 0 Å². The maximum absolute atomic E-state index is 6.11. The monoisotopic (exact) mass is 580 g/mol. The highest BCUT2D eigenvalue weighted by atomic mass is 127. The van der Waals surface area contributed by atoms with E-state index >= 15 is 0 Å². The number of thiocarbonyl (C=S) groups is 1. The molecule has 5 nitrogen and oxygen atoms in total. The Balaban J connectivity index is 1.53. The zero-order valence-corrected chi connectivity index (χ0v) is 22.1. The van der Waals surface area contributed by atoms with Gasteiger partial charge >= 0.3 is 0 Å². The number of rotatable bonds is 5. The highest BCUT2D eigenvalue weighted by Crippen LogP contribution is 2.45. The molecule has 0 spiro atoms. The number of hydrogen-bond acceptors (Lipinski definition) is 3. The third-order valence-electron chi connectivity index (χ3n) is 6.17. The molecule has 0 aliphatic carbocycles. The van der Waals surface area contributed by atoms with E-state index in [1.165, 1.54) is 9.13 Å². The van der Waals surface area contributed by atoms with Crippen LogP contribution in [-0.4, -0.2) is 15.1 Å². The van der Waals surface area contributed by atoms with Crippen LogP contribution < -0.4 is 15.0 Å². The molecule has 1 aliphatic heterocycles. The molecule has 2 aromatic heterocycles. The molecule has 5 rings (SSSR count). The Labute approximate surface area is 218 Å². The maximum atomic E-state index is 6.11. The van der Waals surface area contributed by atoms with Crippen LogP contribution in [0.4, 0.5) is 5.69 Å². The number of nitrogens with zero attached hydrogens (tertiary/aromatic N) is 2. The van der Waals surface area contributed by atoms with Crippen molar-refractivity contribution >= 4 is 45.6 Å². The summed E-state index contributed by atoms with van der Waals surface area (Å²) >= 11 is 8.30. The molecule has 0 bridgehead atoms. The van der Waals surface area contributed by atoms with Crippen LogP contribution in [0.3, 0.4) is 0 Å². The van der Waals surface area contributed by atoms with Crippen LogP contribution >= 0.6 is 34.8 Å². The van der Waals surface area contributed by atoms with E-state index in [1.54, 1.807) is 0 Å². The molecule has 2 unspecified atom stereocenters. The molecule has 2 N–H and O–H groups in total. The van der Waals surface area contributed by atoms with Crippen molar-refractivity contribution < 1.29 is 4.74 Å². The lowest BCUT2D eigenvalue weighted by atomic mass is 9.96. The van der Waals surface area contributed by atoms with Crippen LogP contribution in [0, 0.1) is 24.3 Å². The number of anilines is 1. The van der Waals surface area contributed by atoms with E-state index in [1.807, 2.05) is 61.7 Å². The van der Waals surface area contributed by atoms with Crippen molar-refractivity contribution in [2.75, 3.05) is 4.90 Å². The fraction of sp³-hybridized carbons (Fsp3) is 0.185. The predicted octanol–water partition coefficient (Wildman–Crippen LogP) is 6.91. The molecule has 4 aromatic rings. The molecule has 0 saturated carbocycles. The third-order valence-corrected chi connectivity index (χ3v) is 7.88. The van der Waals surface area contributed by atoms with Crippen molar-refractivity contribution in [1.82, 2.24) is 15.3 Å². The summed E-state index contributed by atoms with van der Waals surface area (Å²) in [6.45, 7) is 6.28. The number of pyridine rings is 1. The van der Waals surface area contributed by atoms with Crippen molar-refractivity contribution in [3.63, 3.8) is 0 Å². The van der Waals surface area contributed by atoms with Gasteiger partial charge in [-0.2, -0.15) is 0 Å². The van der Waals surface area contributed by atoms with E-state index in [-0.39, 0.29) is 12.1 Å². The van der Waals surface area contributed by atoms with Crippen LogP contribution in [-0.2, 0) is 0 Å². The molecule has 7 heteroatoms. The normalized spacial score (nSPS) is 17.6. The van der Waals surface area contributed by atoms with E-state index in [0.717, 1.165) is 39.8 Å². The van der Waals surface area contributed by atoms with Gasteiger partial charge in [-0.05, 0) is 104 Å². The van der Waals surface area contributed by atoms with E-state index in [4.69, 9.17) is 17.0 Å². The maximum Gasteiger partial charge on any atom is 0.174 e. The Bertz CT molecular complexity index is 1340. The van der Waals surface area contributed by atoms with Gasteiger partial charge in [0.25, 0.3) is 0 Å². The topological polar surface area (TPSA) is 53.2 Å². The Morgan fingerprint density at radius 3 is 2.32 bits per heavy atom. The number of hydrogen-bond donors (Lipinski definition) is 2. The van der Waals surface area contributed by atoms with Gasteiger partial charge in [0.15, 0.2) is 5.11 Å². The summed E-state index contributed by atoms with van der Waals surface area (Å²) in [5, 5.41) is 4.22. The number of H-pyrrole nitrogens is 1.